The summed E-state index contributed by atoms with van der Waals surface area (Å²) in [6.45, 7) is 4.47. The van der Waals surface area contributed by atoms with Crippen molar-refractivity contribution in [3.8, 4) is 11.5 Å². The molecule has 11 heteroatoms. The highest BCUT2D eigenvalue weighted by molar-refractivity contribution is 7.89. The van der Waals surface area contributed by atoms with Crippen molar-refractivity contribution in [1.29, 1.82) is 0 Å². The van der Waals surface area contributed by atoms with E-state index in [1.165, 1.54) is 39.9 Å². The Labute approximate surface area is 206 Å². The van der Waals surface area contributed by atoms with Gasteiger partial charge in [-0.3, -0.25) is 4.79 Å². The fourth-order valence-electron chi connectivity index (χ4n) is 3.97. The zero-order valence-corrected chi connectivity index (χ0v) is 21.1. The number of carbonyl (C=O) groups is 1. The van der Waals surface area contributed by atoms with Crippen LogP contribution in [0.1, 0.15) is 12.8 Å². The Balaban J connectivity index is 1.75. The van der Waals surface area contributed by atoms with E-state index in [1.54, 1.807) is 20.3 Å². The second kappa shape index (κ2) is 9.91. The first-order valence-corrected chi connectivity index (χ1v) is 13.2. The van der Waals surface area contributed by atoms with Crippen molar-refractivity contribution in [1.82, 2.24) is 8.87 Å². The van der Waals surface area contributed by atoms with E-state index in [0.29, 0.717) is 40.7 Å². The van der Waals surface area contributed by atoms with Crippen LogP contribution in [-0.2, 0) is 21.4 Å². The molecule has 1 amide bonds. The summed E-state index contributed by atoms with van der Waals surface area (Å²) in [4.78, 5) is 18.2. The summed E-state index contributed by atoms with van der Waals surface area (Å²) in [6, 6.07) is 8.71. The Morgan fingerprint density at radius 3 is 2.56 bits per heavy atom. The zero-order chi connectivity index (χ0) is 24.5. The topological polar surface area (TPSA) is 90.2 Å². The molecule has 1 fully saturated rings. The highest BCUT2D eigenvalue weighted by Gasteiger charge is 2.39. The molecule has 1 atom stereocenters. The van der Waals surface area contributed by atoms with Crippen LogP contribution in [-0.4, -0.2) is 50.0 Å². The maximum absolute atomic E-state index is 13.3. The standard InChI is InChI=1S/C23H24ClN3O5S2/c1-4-11-26-18-13-19(31-2)20(32-3)14-21(18)33-23(26)25-22(28)17-6-5-12-27(17)34(29,30)16-9-7-15(24)8-10-16/h4,7-10,13-14,17H,1,5-6,11-12H2,2-3H3. The number of sulfonamides is 1. The summed E-state index contributed by atoms with van der Waals surface area (Å²) in [7, 11) is -0.754. The van der Waals surface area contributed by atoms with Gasteiger partial charge in [0.2, 0.25) is 10.0 Å². The first kappa shape index (κ1) is 24.5. The van der Waals surface area contributed by atoms with Gasteiger partial charge in [0, 0.05) is 30.2 Å². The van der Waals surface area contributed by atoms with Crippen molar-refractivity contribution >= 4 is 49.1 Å². The molecule has 1 saturated heterocycles. The number of amides is 1. The van der Waals surface area contributed by atoms with E-state index < -0.39 is 22.0 Å². The van der Waals surface area contributed by atoms with Crippen molar-refractivity contribution < 1.29 is 22.7 Å². The molecule has 8 nitrogen and oxygen atoms in total. The van der Waals surface area contributed by atoms with Gasteiger partial charge in [0.15, 0.2) is 16.3 Å². The van der Waals surface area contributed by atoms with E-state index in [0.717, 1.165) is 10.2 Å². The number of aromatic nitrogens is 1. The highest BCUT2D eigenvalue weighted by atomic mass is 35.5. The third kappa shape index (κ3) is 4.50. The summed E-state index contributed by atoms with van der Waals surface area (Å²) in [6.07, 6.45) is 2.69. The molecule has 0 N–H and O–H groups in total. The molecule has 2 heterocycles. The minimum atomic E-state index is -3.86. The molecule has 180 valence electrons. The third-order valence-electron chi connectivity index (χ3n) is 5.61. The number of ether oxygens (including phenoxy) is 2. The van der Waals surface area contributed by atoms with Crippen LogP contribution >= 0.6 is 22.9 Å². The van der Waals surface area contributed by atoms with Gasteiger partial charge in [0.25, 0.3) is 5.91 Å². The Kier molecular flexibility index (Phi) is 7.13. The molecule has 1 unspecified atom stereocenters. The number of rotatable bonds is 7. The maximum atomic E-state index is 13.3. The third-order valence-corrected chi connectivity index (χ3v) is 8.83. The number of methoxy groups -OCH3 is 2. The molecule has 0 radical (unpaired) electrons. The number of allylic oxidation sites excluding steroid dienone is 1. The Morgan fingerprint density at radius 2 is 1.91 bits per heavy atom. The molecule has 0 saturated carbocycles. The summed E-state index contributed by atoms with van der Waals surface area (Å²) in [5.74, 6) is 0.619. The van der Waals surface area contributed by atoms with Crippen LogP contribution in [0.2, 0.25) is 5.02 Å². The summed E-state index contributed by atoms with van der Waals surface area (Å²) in [5, 5.41) is 0.438. The second-order valence-electron chi connectivity index (χ2n) is 7.64. The molecular formula is C23H24ClN3O5S2. The average Bonchev–Trinajstić information content (AvgIpc) is 3.44. The van der Waals surface area contributed by atoms with Crippen LogP contribution in [0, 0.1) is 0 Å². The molecular weight excluding hydrogens is 498 g/mol. The normalized spacial score (nSPS) is 17.3. The molecule has 1 aliphatic heterocycles. The van der Waals surface area contributed by atoms with Crippen LogP contribution in [0.4, 0.5) is 0 Å². The minimum Gasteiger partial charge on any atom is -0.493 e. The second-order valence-corrected chi connectivity index (χ2v) is 11.0. The predicted molar refractivity (Wildman–Crippen MR) is 132 cm³/mol. The van der Waals surface area contributed by atoms with Gasteiger partial charge in [-0.05, 0) is 37.1 Å². The maximum Gasteiger partial charge on any atom is 0.266 e. The molecule has 0 aliphatic carbocycles. The van der Waals surface area contributed by atoms with Crippen LogP contribution in [0.25, 0.3) is 10.2 Å². The average molecular weight is 522 g/mol. The van der Waals surface area contributed by atoms with Gasteiger partial charge in [-0.25, -0.2) is 8.42 Å². The molecule has 0 spiro atoms. The van der Waals surface area contributed by atoms with Crippen molar-refractivity contribution in [2.24, 2.45) is 4.99 Å². The number of benzene rings is 2. The smallest absolute Gasteiger partial charge is 0.266 e. The first-order valence-electron chi connectivity index (χ1n) is 10.5. The van der Waals surface area contributed by atoms with Gasteiger partial charge < -0.3 is 14.0 Å². The highest BCUT2D eigenvalue weighted by Crippen LogP contribution is 2.33. The number of halogens is 1. The quantitative estimate of drug-likeness (QED) is 0.441. The fourth-order valence-corrected chi connectivity index (χ4v) is 6.80. The number of nitrogens with zero attached hydrogens (tertiary/aromatic N) is 3. The molecule has 2 aromatic carbocycles. The van der Waals surface area contributed by atoms with E-state index in [4.69, 9.17) is 21.1 Å². The fraction of sp³-hybridized carbons (Fsp3) is 0.304. The largest absolute Gasteiger partial charge is 0.493 e. The SMILES string of the molecule is C=CCn1c(=NC(=O)C2CCCN2S(=O)(=O)c2ccc(Cl)cc2)sc2cc(OC)c(OC)cc21. The van der Waals surface area contributed by atoms with Gasteiger partial charge in [-0.15, -0.1) is 6.58 Å². The van der Waals surface area contributed by atoms with Crippen molar-refractivity contribution in [2.75, 3.05) is 20.8 Å². The molecule has 0 bridgehead atoms. The van der Waals surface area contributed by atoms with Gasteiger partial charge in [-0.1, -0.05) is 29.0 Å². The van der Waals surface area contributed by atoms with Gasteiger partial charge in [0.05, 0.1) is 29.3 Å². The van der Waals surface area contributed by atoms with Crippen LogP contribution in [0.3, 0.4) is 0 Å². The number of carbonyl (C=O) groups excluding carboxylic acids is 1. The van der Waals surface area contributed by atoms with E-state index in [9.17, 15) is 13.2 Å². The summed E-state index contributed by atoms with van der Waals surface area (Å²) >= 11 is 7.22. The monoisotopic (exact) mass is 521 g/mol. The molecule has 34 heavy (non-hydrogen) atoms. The van der Waals surface area contributed by atoms with Crippen molar-refractivity contribution in [2.45, 2.75) is 30.3 Å². The van der Waals surface area contributed by atoms with Crippen LogP contribution in [0.15, 0.2) is 58.9 Å². The molecule has 3 aromatic rings. The lowest BCUT2D eigenvalue weighted by molar-refractivity contribution is -0.121. The Morgan fingerprint density at radius 1 is 1.24 bits per heavy atom. The number of thiazole rings is 1. The number of hydrogen-bond acceptors (Lipinski definition) is 6. The Bertz CT molecular complexity index is 1410. The van der Waals surface area contributed by atoms with Crippen molar-refractivity contribution in [3.63, 3.8) is 0 Å². The van der Waals surface area contributed by atoms with E-state index in [-0.39, 0.29) is 11.4 Å². The number of hydrogen-bond donors (Lipinski definition) is 0. The first-order chi connectivity index (χ1) is 16.3. The van der Waals surface area contributed by atoms with Crippen LogP contribution < -0.4 is 14.3 Å². The molecule has 1 aliphatic rings. The van der Waals surface area contributed by atoms with Gasteiger partial charge in [-0.2, -0.15) is 9.30 Å². The Hall–Kier alpha value is -2.66. The van der Waals surface area contributed by atoms with E-state index in [2.05, 4.69) is 11.6 Å². The zero-order valence-electron chi connectivity index (χ0n) is 18.7. The lowest BCUT2D eigenvalue weighted by Gasteiger charge is -2.21. The van der Waals surface area contributed by atoms with Crippen LogP contribution in [0.5, 0.6) is 11.5 Å². The minimum absolute atomic E-state index is 0.0966. The van der Waals surface area contributed by atoms with E-state index in [1.807, 2.05) is 16.7 Å². The van der Waals surface area contributed by atoms with E-state index >= 15 is 0 Å². The van der Waals surface area contributed by atoms with Gasteiger partial charge >= 0.3 is 0 Å². The molecule has 4 rings (SSSR count). The van der Waals surface area contributed by atoms with Crippen molar-refractivity contribution in [3.05, 3.63) is 58.9 Å². The summed E-state index contributed by atoms with van der Waals surface area (Å²) < 4.78 is 41.2. The molecule has 1 aromatic heterocycles. The van der Waals surface area contributed by atoms with Gasteiger partial charge in [0.1, 0.15) is 6.04 Å². The lowest BCUT2D eigenvalue weighted by Crippen LogP contribution is -2.40. The lowest BCUT2D eigenvalue weighted by atomic mass is 10.2. The summed E-state index contributed by atoms with van der Waals surface area (Å²) in [5.41, 5.74) is 0.811. The predicted octanol–water partition coefficient (Wildman–Crippen LogP) is 3.84. The number of fused-ring (bicyclic) bond motifs is 1.